The SMILES string of the molecule is CCc1nc(C(=O)O)c2ccc(N)cn12. The molecule has 0 aliphatic carbocycles. The van der Waals surface area contributed by atoms with Crippen LogP contribution in [-0.4, -0.2) is 20.5 Å². The molecule has 5 nitrogen and oxygen atoms in total. The molecule has 0 atom stereocenters. The van der Waals surface area contributed by atoms with E-state index in [4.69, 9.17) is 10.8 Å². The summed E-state index contributed by atoms with van der Waals surface area (Å²) in [6.07, 6.45) is 2.35. The van der Waals surface area contributed by atoms with E-state index in [2.05, 4.69) is 4.98 Å². The molecule has 0 aliphatic heterocycles. The van der Waals surface area contributed by atoms with E-state index in [1.54, 1.807) is 22.7 Å². The summed E-state index contributed by atoms with van der Waals surface area (Å²) >= 11 is 0. The summed E-state index contributed by atoms with van der Waals surface area (Å²) < 4.78 is 1.72. The molecule has 0 aromatic carbocycles. The standard InChI is InChI=1S/C10H11N3O2/c1-2-8-12-9(10(14)15)7-4-3-6(11)5-13(7)8/h3-5H,2,11H2,1H3,(H,14,15). The van der Waals surface area contributed by atoms with Gasteiger partial charge in [-0.25, -0.2) is 9.78 Å². The molecule has 2 heterocycles. The van der Waals surface area contributed by atoms with Gasteiger partial charge >= 0.3 is 5.97 Å². The Kier molecular flexibility index (Phi) is 2.07. The van der Waals surface area contributed by atoms with E-state index in [9.17, 15) is 4.79 Å². The third kappa shape index (κ3) is 1.41. The summed E-state index contributed by atoms with van der Waals surface area (Å²) in [5.41, 5.74) is 6.88. The van der Waals surface area contributed by atoms with Crippen molar-refractivity contribution in [3.8, 4) is 0 Å². The van der Waals surface area contributed by atoms with Crippen molar-refractivity contribution in [1.29, 1.82) is 0 Å². The van der Waals surface area contributed by atoms with Gasteiger partial charge in [0.05, 0.1) is 5.52 Å². The number of aryl methyl sites for hydroxylation is 1. The van der Waals surface area contributed by atoms with Crippen molar-refractivity contribution in [2.45, 2.75) is 13.3 Å². The fourth-order valence-electron chi connectivity index (χ4n) is 1.57. The fraction of sp³-hybridized carbons (Fsp3) is 0.200. The molecule has 15 heavy (non-hydrogen) atoms. The summed E-state index contributed by atoms with van der Waals surface area (Å²) in [6.45, 7) is 1.92. The Morgan fingerprint density at radius 1 is 1.60 bits per heavy atom. The van der Waals surface area contributed by atoms with E-state index >= 15 is 0 Å². The van der Waals surface area contributed by atoms with E-state index in [0.717, 1.165) is 0 Å². The van der Waals surface area contributed by atoms with Gasteiger partial charge in [-0.1, -0.05) is 6.92 Å². The van der Waals surface area contributed by atoms with Crippen molar-refractivity contribution in [3.63, 3.8) is 0 Å². The Hall–Kier alpha value is -2.04. The van der Waals surface area contributed by atoms with Crippen LogP contribution in [0, 0.1) is 0 Å². The predicted octanol–water partition coefficient (Wildman–Crippen LogP) is 1.18. The Morgan fingerprint density at radius 3 is 2.93 bits per heavy atom. The number of fused-ring (bicyclic) bond motifs is 1. The molecule has 0 saturated carbocycles. The van der Waals surface area contributed by atoms with Crippen molar-refractivity contribution in [2.24, 2.45) is 0 Å². The van der Waals surface area contributed by atoms with Gasteiger partial charge < -0.3 is 15.2 Å². The van der Waals surface area contributed by atoms with Crippen LogP contribution in [0.25, 0.3) is 5.52 Å². The van der Waals surface area contributed by atoms with Gasteiger partial charge in [-0.05, 0) is 12.1 Å². The van der Waals surface area contributed by atoms with Crippen LogP contribution in [0.15, 0.2) is 18.3 Å². The summed E-state index contributed by atoms with van der Waals surface area (Å²) in [6, 6.07) is 3.34. The van der Waals surface area contributed by atoms with Crippen LogP contribution in [-0.2, 0) is 6.42 Å². The number of hydrogen-bond acceptors (Lipinski definition) is 3. The highest BCUT2D eigenvalue weighted by Gasteiger charge is 2.15. The highest BCUT2D eigenvalue weighted by Crippen LogP contribution is 2.16. The maximum Gasteiger partial charge on any atom is 0.356 e. The molecular formula is C10H11N3O2. The second-order valence-electron chi connectivity index (χ2n) is 3.25. The number of nitrogens with zero attached hydrogens (tertiary/aromatic N) is 2. The largest absolute Gasteiger partial charge is 0.476 e. The Bertz CT molecular complexity index is 531. The van der Waals surface area contributed by atoms with Gasteiger partial charge in [-0.2, -0.15) is 0 Å². The van der Waals surface area contributed by atoms with Crippen LogP contribution in [0.3, 0.4) is 0 Å². The Labute approximate surface area is 86.2 Å². The van der Waals surface area contributed by atoms with Crippen molar-refractivity contribution in [1.82, 2.24) is 9.38 Å². The molecule has 2 aromatic rings. The molecule has 5 heteroatoms. The van der Waals surface area contributed by atoms with Gasteiger partial charge in [0.2, 0.25) is 0 Å². The zero-order chi connectivity index (χ0) is 11.0. The number of hydrogen-bond donors (Lipinski definition) is 2. The van der Waals surface area contributed by atoms with E-state index in [-0.39, 0.29) is 5.69 Å². The van der Waals surface area contributed by atoms with Crippen LogP contribution in [0.1, 0.15) is 23.2 Å². The molecule has 0 fully saturated rings. The fourth-order valence-corrected chi connectivity index (χ4v) is 1.57. The first-order chi connectivity index (χ1) is 7.13. The normalized spacial score (nSPS) is 10.7. The number of pyridine rings is 1. The second-order valence-corrected chi connectivity index (χ2v) is 3.25. The number of aromatic carboxylic acids is 1. The highest BCUT2D eigenvalue weighted by molar-refractivity contribution is 5.93. The number of carboxylic acid groups (broad SMARTS) is 1. The molecule has 0 amide bonds. The number of imidazole rings is 1. The average molecular weight is 205 g/mol. The molecule has 2 rings (SSSR count). The van der Waals surface area contributed by atoms with Crippen LogP contribution >= 0.6 is 0 Å². The van der Waals surface area contributed by atoms with Gasteiger partial charge in [0.1, 0.15) is 5.82 Å². The van der Waals surface area contributed by atoms with E-state index < -0.39 is 5.97 Å². The van der Waals surface area contributed by atoms with Crippen molar-refractivity contribution < 1.29 is 9.90 Å². The Balaban J connectivity index is 2.81. The number of rotatable bonds is 2. The smallest absolute Gasteiger partial charge is 0.356 e. The number of aromatic nitrogens is 2. The van der Waals surface area contributed by atoms with Gasteiger partial charge in [0.25, 0.3) is 0 Å². The highest BCUT2D eigenvalue weighted by atomic mass is 16.4. The first-order valence-electron chi connectivity index (χ1n) is 4.63. The summed E-state index contributed by atoms with van der Waals surface area (Å²) in [5.74, 6) is -0.313. The zero-order valence-electron chi connectivity index (χ0n) is 8.27. The maximum absolute atomic E-state index is 10.9. The zero-order valence-corrected chi connectivity index (χ0v) is 8.27. The van der Waals surface area contributed by atoms with Crippen molar-refractivity contribution in [2.75, 3.05) is 5.73 Å². The molecule has 0 spiro atoms. The van der Waals surface area contributed by atoms with Gasteiger partial charge in [-0.3, -0.25) is 0 Å². The summed E-state index contributed by atoms with van der Waals surface area (Å²) in [4.78, 5) is 15.0. The molecule has 78 valence electrons. The third-order valence-electron chi connectivity index (χ3n) is 2.25. The molecule has 2 aromatic heterocycles. The lowest BCUT2D eigenvalue weighted by Gasteiger charge is -1.99. The lowest BCUT2D eigenvalue weighted by Crippen LogP contribution is -1.97. The molecule has 3 N–H and O–H groups in total. The summed E-state index contributed by atoms with van der Waals surface area (Å²) in [7, 11) is 0. The first kappa shape index (κ1) is 9.51. The van der Waals surface area contributed by atoms with Gasteiger partial charge in [0.15, 0.2) is 5.69 Å². The molecule has 0 radical (unpaired) electrons. The number of carboxylic acids is 1. The first-order valence-corrected chi connectivity index (χ1v) is 4.63. The van der Waals surface area contributed by atoms with E-state index in [1.807, 2.05) is 6.92 Å². The molecular weight excluding hydrogens is 194 g/mol. The minimum Gasteiger partial charge on any atom is -0.476 e. The average Bonchev–Trinajstić information content (AvgIpc) is 2.55. The van der Waals surface area contributed by atoms with Crippen LogP contribution in [0.2, 0.25) is 0 Å². The van der Waals surface area contributed by atoms with E-state index in [1.165, 1.54) is 0 Å². The van der Waals surface area contributed by atoms with Crippen LogP contribution in [0.4, 0.5) is 5.69 Å². The number of carbonyl (C=O) groups is 1. The topological polar surface area (TPSA) is 80.6 Å². The molecule has 0 bridgehead atoms. The van der Waals surface area contributed by atoms with Gasteiger partial charge in [-0.15, -0.1) is 0 Å². The summed E-state index contributed by atoms with van der Waals surface area (Å²) in [5, 5.41) is 8.95. The predicted molar refractivity (Wildman–Crippen MR) is 55.9 cm³/mol. The molecule has 0 aliphatic rings. The van der Waals surface area contributed by atoms with Crippen molar-refractivity contribution >= 4 is 17.2 Å². The minimum atomic E-state index is -1.02. The van der Waals surface area contributed by atoms with Crippen LogP contribution < -0.4 is 5.73 Å². The third-order valence-corrected chi connectivity index (χ3v) is 2.25. The van der Waals surface area contributed by atoms with E-state index in [0.29, 0.717) is 23.4 Å². The number of anilines is 1. The van der Waals surface area contributed by atoms with Crippen molar-refractivity contribution in [3.05, 3.63) is 29.8 Å². The minimum absolute atomic E-state index is 0.0758. The molecule has 0 unspecified atom stereocenters. The van der Waals surface area contributed by atoms with Gasteiger partial charge in [0, 0.05) is 18.3 Å². The van der Waals surface area contributed by atoms with Crippen LogP contribution in [0.5, 0.6) is 0 Å². The second kappa shape index (κ2) is 3.27. The lowest BCUT2D eigenvalue weighted by molar-refractivity contribution is 0.0693. The quantitative estimate of drug-likeness (QED) is 0.771. The monoisotopic (exact) mass is 205 g/mol. The maximum atomic E-state index is 10.9. The number of nitrogens with two attached hydrogens (primary N) is 1. The molecule has 0 saturated heterocycles. The lowest BCUT2D eigenvalue weighted by atomic mass is 10.3. The number of nitrogen functional groups attached to an aromatic ring is 1. The Morgan fingerprint density at radius 2 is 2.33 bits per heavy atom.